The van der Waals surface area contributed by atoms with Gasteiger partial charge in [-0.15, -0.1) is 11.8 Å². The summed E-state index contributed by atoms with van der Waals surface area (Å²) in [4.78, 5) is 4.16. The highest BCUT2D eigenvalue weighted by atomic mass is 32.2. The van der Waals surface area contributed by atoms with Crippen molar-refractivity contribution in [2.24, 2.45) is 11.7 Å². The van der Waals surface area contributed by atoms with Crippen molar-refractivity contribution < 1.29 is 0 Å². The van der Waals surface area contributed by atoms with E-state index in [1.807, 2.05) is 0 Å². The Balaban J connectivity index is 2.46. The molecular formula is C15H22N2S2. The van der Waals surface area contributed by atoms with Crippen molar-refractivity contribution in [2.75, 3.05) is 17.7 Å². The normalized spacial score (nSPS) is 23.4. The molecule has 0 bridgehead atoms. The average molecular weight is 294 g/mol. The summed E-state index contributed by atoms with van der Waals surface area (Å²) in [5.41, 5.74) is 8.22. The number of thiocarbonyl (C=S) groups is 1. The van der Waals surface area contributed by atoms with E-state index in [0.29, 0.717) is 16.9 Å². The van der Waals surface area contributed by atoms with Crippen molar-refractivity contribution in [1.82, 2.24) is 0 Å². The van der Waals surface area contributed by atoms with Gasteiger partial charge in [-0.25, -0.2) is 0 Å². The molecule has 2 N–H and O–H groups in total. The molecule has 0 aliphatic carbocycles. The van der Waals surface area contributed by atoms with Crippen LogP contribution in [0.5, 0.6) is 0 Å². The summed E-state index contributed by atoms with van der Waals surface area (Å²) in [6.45, 7) is 5.73. The van der Waals surface area contributed by atoms with E-state index in [1.165, 1.54) is 23.4 Å². The minimum Gasteiger partial charge on any atom is -0.389 e. The molecular weight excluding hydrogens is 272 g/mol. The molecule has 19 heavy (non-hydrogen) atoms. The first-order valence-corrected chi connectivity index (χ1v) is 8.43. The Morgan fingerprint density at radius 2 is 2.16 bits per heavy atom. The zero-order valence-corrected chi connectivity index (χ0v) is 13.5. The maximum absolute atomic E-state index is 5.97. The largest absolute Gasteiger partial charge is 0.389 e. The molecule has 1 aliphatic rings. The second kappa shape index (κ2) is 6.14. The number of nitrogens with two attached hydrogens (primary N) is 1. The van der Waals surface area contributed by atoms with E-state index in [4.69, 9.17) is 18.0 Å². The van der Waals surface area contributed by atoms with Crippen LogP contribution in [0.4, 0.5) is 5.69 Å². The Hall–Kier alpha value is -0.740. The van der Waals surface area contributed by atoms with Crippen molar-refractivity contribution in [3.8, 4) is 0 Å². The summed E-state index contributed by atoms with van der Waals surface area (Å²) in [7, 11) is 0. The first-order valence-electron chi connectivity index (χ1n) is 6.79. The second-order valence-corrected chi connectivity index (χ2v) is 6.56. The SMILES string of the molecule is CSc1cccc(N2CCCC(C)C2C)c1C(N)=S. The molecule has 2 rings (SSSR count). The number of thioether (sulfide) groups is 1. The molecule has 1 aromatic carbocycles. The predicted octanol–water partition coefficient (Wildman–Crippen LogP) is 3.67. The summed E-state index contributed by atoms with van der Waals surface area (Å²) in [6.07, 6.45) is 4.62. The molecule has 0 aromatic heterocycles. The number of nitrogens with zero attached hydrogens (tertiary/aromatic N) is 1. The molecule has 2 unspecified atom stereocenters. The Morgan fingerprint density at radius 3 is 2.79 bits per heavy atom. The van der Waals surface area contributed by atoms with Gasteiger partial charge in [-0.2, -0.15) is 0 Å². The highest BCUT2D eigenvalue weighted by molar-refractivity contribution is 7.98. The van der Waals surface area contributed by atoms with Gasteiger partial charge < -0.3 is 10.6 Å². The van der Waals surface area contributed by atoms with Gasteiger partial charge in [0, 0.05) is 28.7 Å². The van der Waals surface area contributed by atoms with E-state index < -0.39 is 0 Å². The highest BCUT2D eigenvalue weighted by Crippen LogP contribution is 2.34. The number of benzene rings is 1. The Kier molecular flexibility index (Phi) is 4.74. The lowest BCUT2D eigenvalue weighted by molar-refractivity contribution is 0.363. The van der Waals surface area contributed by atoms with Gasteiger partial charge in [-0.3, -0.25) is 0 Å². The molecule has 0 amide bonds. The number of anilines is 1. The molecule has 1 heterocycles. The van der Waals surface area contributed by atoms with Gasteiger partial charge in [-0.1, -0.05) is 25.2 Å². The van der Waals surface area contributed by atoms with Crippen LogP contribution in [0.2, 0.25) is 0 Å². The summed E-state index contributed by atoms with van der Waals surface area (Å²) in [6, 6.07) is 6.90. The van der Waals surface area contributed by atoms with Crippen LogP contribution in [0, 0.1) is 5.92 Å². The summed E-state index contributed by atoms with van der Waals surface area (Å²) >= 11 is 6.99. The van der Waals surface area contributed by atoms with Crippen molar-refractivity contribution in [1.29, 1.82) is 0 Å². The topological polar surface area (TPSA) is 29.3 Å². The molecule has 1 aromatic rings. The molecule has 0 saturated carbocycles. The van der Waals surface area contributed by atoms with Crippen LogP contribution >= 0.6 is 24.0 Å². The van der Waals surface area contributed by atoms with Gasteiger partial charge in [-0.05, 0) is 44.1 Å². The lowest BCUT2D eigenvalue weighted by Gasteiger charge is -2.40. The van der Waals surface area contributed by atoms with Crippen LogP contribution in [0.3, 0.4) is 0 Å². The van der Waals surface area contributed by atoms with E-state index in [1.54, 1.807) is 11.8 Å². The number of hydrogen-bond acceptors (Lipinski definition) is 3. The third kappa shape index (κ3) is 2.90. The molecule has 0 spiro atoms. The van der Waals surface area contributed by atoms with E-state index in [2.05, 4.69) is 43.2 Å². The molecule has 4 heteroatoms. The quantitative estimate of drug-likeness (QED) is 0.680. The lowest BCUT2D eigenvalue weighted by atomic mass is 9.91. The van der Waals surface area contributed by atoms with Gasteiger partial charge in [0.25, 0.3) is 0 Å². The standard InChI is InChI=1S/C15H22N2S2/c1-10-6-5-9-17(11(10)2)12-7-4-8-13(19-3)14(12)15(16)18/h4,7-8,10-11H,5-6,9H2,1-3H3,(H2,16,18). The minimum atomic E-state index is 0.505. The molecule has 104 valence electrons. The number of piperidine rings is 1. The Bertz CT molecular complexity index is 473. The van der Waals surface area contributed by atoms with Crippen LogP contribution in [-0.4, -0.2) is 23.8 Å². The third-order valence-corrected chi connectivity index (χ3v) is 5.14. The van der Waals surface area contributed by atoms with Crippen molar-refractivity contribution in [2.45, 2.75) is 37.6 Å². The van der Waals surface area contributed by atoms with Crippen LogP contribution in [0.25, 0.3) is 0 Å². The zero-order chi connectivity index (χ0) is 14.0. The molecule has 0 radical (unpaired) electrons. The predicted molar refractivity (Wildman–Crippen MR) is 89.3 cm³/mol. The maximum atomic E-state index is 5.97. The fourth-order valence-corrected chi connectivity index (χ4v) is 3.76. The average Bonchev–Trinajstić information content (AvgIpc) is 2.40. The number of hydrogen-bond donors (Lipinski definition) is 1. The fourth-order valence-electron chi connectivity index (χ4n) is 2.85. The summed E-state index contributed by atoms with van der Waals surface area (Å²) in [5, 5.41) is 0. The molecule has 1 aliphatic heterocycles. The minimum absolute atomic E-state index is 0.505. The van der Waals surface area contributed by atoms with Gasteiger partial charge in [0.15, 0.2) is 0 Å². The Morgan fingerprint density at radius 1 is 1.42 bits per heavy atom. The van der Waals surface area contributed by atoms with Gasteiger partial charge >= 0.3 is 0 Å². The fraction of sp³-hybridized carbons (Fsp3) is 0.533. The van der Waals surface area contributed by atoms with Crippen molar-refractivity contribution in [3.63, 3.8) is 0 Å². The summed E-state index contributed by atoms with van der Waals surface area (Å²) < 4.78 is 0. The van der Waals surface area contributed by atoms with Gasteiger partial charge in [0.2, 0.25) is 0 Å². The molecule has 1 fully saturated rings. The van der Waals surface area contributed by atoms with E-state index in [-0.39, 0.29) is 0 Å². The van der Waals surface area contributed by atoms with Gasteiger partial charge in [0.1, 0.15) is 4.99 Å². The molecule has 1 saturated heterocycles. The molecule has 2 nitrogen and oxygen atoms in total. The lowest BCUT2D eigenvalue weighted by Crippen LogP contribution is -2.43. The van der Waals surface area contributed by atoms with Crippen LogP contribution in [0.15, 0.2) is 23.1 Å². The smallest absolute Gasteiger partial charge is 0.107 e. The first-order chi connectivity index (χ1) is 9.06. The molecule has 2 atom stereocenters. The number of rotatable bonds is 3. The van der Waals surface area contributed by atoms with Crippen molar-refractivity contribution in [3.05, 3.63) is 23.8 Å². The Labute approximate surface area is 125 Å². The summed E-state index contributed by atoms with van der Waals surface area (Å²) in [5.74, 6) is 0.714. The van der Waals surface area contributed by atoms with E-state index in [9.17, 15) is 0 Å². The first kappa shape index (κ1) is 14.7. The van der Waals surface area contributed by atoms with E-state index >= 15 is 0 Å². The highest BCUT2D eigenvalue weighted by Gasteiger charge is 2.27. The zero-order valence-electron chi connectivity index (χ0n) is 11.8. The second-order valence-electron chi connectivity index (χ2n) is 5.27. The van der Waals surface area contributed by atoms with E-state index in [0.717, 1.165) is 12.1 Å². The van der Waals surface area contributed by atoms with Crippen LogP contribution in [0.1, 0.15) is 32.3 Å². The maximum Gasteiger partial charge on any atom is 0.107 e. The van der Waals surface area contributed by atoms with Gasteiger partial charge in [0.05, 0.1) is 0 Å². The van der Waals surface area contributed by atoms with Crippen LogP contribution < -0.4 is 10.6 Å². The van der Waals surface area contributed by atoms with Crippen LogP contribution in [-0.2, 0) is 0 Å². The van der Waals surface area contributed by atoms with Crippen molar-refractivity contribution >= 4 is 34.7 Å². The third-order valence-electron chi connectivity index (χ3n) is 4.15. The monoisotopic (exact) mass is 294 g/mol.